The van der Waals surface area contributed by atoms with Crippen molar-refractivity contribution < 1.29 is 13.5 Å². The molecule has 0 unspecified atom stereocenters. The third kappa shape index (κ3) is 7.90. The lowest BCUT2D eigenvalue weighted by Gasteiger charge is -2.41. The number of hydrogen-bond acceptors (Lipinski definition) is 1. The summed E-state index contributed by atoms with van der Waals surface area (Å²) >= 11 is 0. The number of allylic oxidation sites excluding steroid dienone is 3. The van der Waals surface area contributed by atoms with Crippen molar-refractivity contribution in [3.8, 4) is 0 Å². The minimum Gasteiger partial charge on any atom is -0.378 e. The van der Waals surface area contributed by atoms with Crippen LogP contribution in [0.15, 0.2) is 24.3 Å². The smallest absolute Gasteiger partial charge is 0.266 e. The van der Waals surface area contributed by atoms with Crippen LogP contribution in [0.5, 0.6) is 0 Å². The first-order valence-corrected chi connectivity index (χ1v) is 14.9. The van der Waals surface area contributed by atoms with Crippen molar-refractivity contribution in [2.45, 2.75) is 122 Å². The van der Waals surface area contributed by atoms with Gasteiger partial charge in [0.2, 0.25) is 0 Å². The van der Waals surface area contributed by atoms with Crippen LogP contribution in [0.1, 0.15) is 116 Å². The van der Waals surface area contributed by atoms with E-state index in [2.05, 4.69) is 19.1 Å². The van der Waals surface area contributed by atoms with Crippen molar-refractivity contribution in [3.05, 3.63) is 24.3 Å². The summed E-state index contributed by atoms with van der Waals surface area (Å²) in [6, 6.07) is 0. The lowest BCUT2D eigenvalue weighted by atomic mass is 9.65. The molecule has 4 rings (SSSR count). The predicted octanol–water partition coefficient (Wildman–Crippen LogP) is 9.73. The summed E-state index contributed by atoms with van der Waals surface area (Å²) in [6.07, 6.45) is 27.3. The number of ether oxygens (including phenoxy) is 1. The molecule has 4 aliphatic rings. The van der Waals surface area contributed by atoms with Crippen LogP contribution in [-0.2, 0) is 4.74 Å². The van der Waals surface area contributed by atoms with E-state index in [4.69, 9.17) is 4.74 Å². The molecule has 0 saturated heterocycles. The summed E-state index contributed by atoms with van der Waals surface area (Å²) in [5.74, 6) is 5.42. The normalized spacial score (nSPS) is 39.7. The van der Waals surface area contributed by atoms with Gasteiger partial charge in [-0.3, -0.25) is 0 Å². The van der Waals surface area contributed by atoms with Gasteiger partial charge in [0, 0.05) is 6.61 Å². The molecule has 0 spiro atoms. The summed E-state index contributed by atoms with van der Waals surface area (Å²) in [5.41, 5.74) is 0. The van der Waals surface area contributed by atoms with Gasteiger partial charge in [0.05, 0.1) is 6.10 Å². The molecule has 0 aliphatic heterocycles. The zero-order chi connectivity index (χ0) is 23.8. The zero-order valence-electron chi connectivity index (χ0n) is 21.7. The molecule has 1 nitrogen and oxygen atoms in total. The molecule has 3 heteroatoms. The Balaban J connectivity index is 1.10. The Labute approximate surface area is 208 Å². The maximum Gasteiger partial charge on any atom is 0.266 e. The summed E-state index contributed by atoms with van der Waals surface area (Å²) < 4.78 is 30.9. The highest BCUT2D eigenvalue weighted by molar-refractivity contribution is 4.99. The van der Waals surface area contributed by atoms with Crippen molar-refractivity contribution in [2.75, 3.05) is 6.61 Å². The first-order chi connectivity index (χ1) is 16.6. The average molecular weight is 477 g/mol. The molecule has 0 atom stereocenters. The number of hydrogen-bond donors (Lipinski definition) is 0. The third-order valence-electron chi connectivity index (χ3n) is 10.1. The molecule has 0 aromatic heterocycles. The van der Waals surface area contributed by atoms with Gasteiger partial charge in [0.15, 0.2) is 0 Å². The highest BCUT2D eigenvalue weighted by Gasteiger charge is 2.34. The van der Waals surface area contributed by atoms with Crippen molar-refractivity contribution in [3.63, 3.8) is 0 Å². The molecule has 4 aliphatic carbocycles. The standard InChI is InChI=1S/C31H50F2O/c1-2-21-34-30-19-17-29(18-20-30)28-15-13-27(14-16-28)26-11-9-24(10-12-26)4-3-23-5-7-25(8-6-23)22-31(32)33/h3-4,22-30H,2,5-21H2,1H3/b4-3+. The lowest BCUT2D eigenvalue weighted by molar-refractivity contribution is 0.00581. The largest absolute Gasteiger partial charge is 0.378 e. The van der Waals surface area contributed by atoms with E-state index < -0.39 is 6.08 Å². The zero-order valence-corrected chi connectivity index (χ0v) is 21.7. The van der Waals surface area contributed by atoms with Crippen molar-refractivity contribution in [2.24, 2.45) is 41.4 Å². The number of halogens is 2. The van der Waals surface area contributed by atoms with Gasteiger partial charge in [-0.05, 0) is 157 Å². The molecule has 0 heterocycles. The van der Waals surface area contributed by atoms with Crippen LogP contribution in [0.25, 0.3) is 0 Å². The van der Waals surface area contributed by atoms with E-state index in [0.29, 0.717) is 12.0 Å². The van der Waals surface area contributed by atoms with E-state index in [-0.39, 0.29) is 5.92 Å². The van der Waals surface area contributed by atoms with Crippen molar-refractivity contribution in [1.29, 1.82) is 0 Å². The second-order valence-corrected chi connectivity index (χ2v) is 12.3. The molecular formula is C31H50F2O. The van der Waals surface area contributed by atoms with Gasteiger partial charge in [-0.15, -0.1) is 0 Å². The van der Waals surface area contributed by atoms with E-state index >= 15 is 0 Å². The van der Waals surface area contributed by atoms with Crippen LogP contribution >= 0.6 is 0 Å². The van der Waals surface area contributed by atoms with Gasteiger partial charge in [-0.2, -0.15) is 8.78 Å². The highest BCUT2D eigenvalue weighted by Crippen LogP contribution is 2.45. The van der Waals surface area contributed by atoms with Crippen LogP contribution in [0.3, 0.4) is 0 Å². The minimum atomic E-state index is -1.50. The quantitative estimate of drug-likeness (QED) is 0.317. The van der Waals surface area contributed by atoms with E-state index in [0.717, 1.165) is 68.3 Å². The van der Waals surface area contributed by atoms with Crippen LogP contribution in [-0.4, -0.2) is 12.7 Å². The van der Waals surface area contributed by atoms with Crippen LogP contribution < -0.4 is 0 Å². The summed E-state index contributed by atoms with van der Waals surface area (Å²) in [7, 11) is 0. The van der Waals surface area contributed by atoms with Gasteiger partial charge >= 0.3 is 0 Å². The molecule has 4 fully saturated rings. The average Bonchev–Trinajstić information content (AvgIpc) is 2.87. The van der Waals surface area contributed by atoms with E-state index in [1.165, 1.54) is 83.1 Å². The van der Waals surface area contributed by atoms with E-state index in [1.807, 2.05) is 0 Å². The topological polar surface area (TPSA) is 9.23 Å². The molecule has 0 N–H and O–H groups in total. The second kappa shape index (κ2) is 13.6. The third-order valence-corrected chi connectivity index (χ3v) is 10.1. The van der Waals surface area contributed by atoms with E-state index in [1.54, 1.807) is 0 Å². The van der Waals surface area contributed by atoms with Gasteiger partial charge in [-0.25, -0.2) is 0 Å². The molecular weight excluding hydrogens is 426 g/mol. The van der Waals surface area contributed by atoms with Gasteiger partial charge in [0.25, 0.3) is 6.08 Å². The fourth-order valence-electron chi connectivity index (χ4n) is 7.90. The Morgan fingerprint density at radius 1 is 0.588 bits per heavy atom. The Morgan fingerprint density at radius 3 is 1.41 bits per heavy atom. The first kappa shape index (κ1) is 26.4. The second-order valence-electron chi connectivity index (χ2n) is 12.3. The SMILES string of the molecule is CCCOC1CCC(C2CCC(C3CCC(/C=C/C4CCC(C=C(F)F)CC4)CC3)CC2)CC1. The van der Waals surface area contributed by atoms with Crippen LogP contribution in [0.2, 0.25) is 0 Å². The molecule has 34 heavy (non-hydrogen) atoms. The summed E-state index contributed by atoms with van der Waals surface area (Å²) in [6.45, 7) is 3.15. The van der Waals surface area contributed by atoms with Crippen molar-refractivity contribution >= 4 is 0 Å². The van der Waals surface area contributed by atoms with Crippen LogP contribution in [0, 0.1) is 41.4 Å². The fourth-order valence-corrected chi connectivity index (χ4v) is 7.90. The summed E-state index contributed by atoms with van der Waals surface area (Å²) in [5, 5.41) is 0. The lowest BCUT2D eigenvalue weighted by Crippen LogP contribution is -2.31. The monoisotopic (exact) mass is 476 g/mol. The Hall–Kier alpha value is -0.700. The van der Waals surface area contributed by atoms with Gasteiger partial charge in [-0.1, -0.05) is 19.1 Å². The maximum atomic E-state index is 12.5. The predicted molar refractivity (Wildman–Crippen MR) is 138 cm³/mol. The molecule has 0 amide bonds. The minimum absolute atomic E-state index is 0.107. The van der Waals surface area contributed by atoms with Gasteiger partial charge < -0.3 is 4.74 Å². The maximum absolute atomic E-state index is 12.5. The molecule has 0 bridgehead atoms. The summed E-state index contributed by atoms with van der Waals surface area (Å²) in [4.78, 5) is 0. The molecule has 4 saturated carbocycles. The van der Waals surface area contributed by atoms with E-state index in [9.17, 15) is 8.78 Å². The molecule has 0 radical (unpaired) electrons. The van der Waals surface area contributed by atoms with Crippen molar-refractivity contribution in [1.82, 2.24) is 0 Å². The van der Waals surface area contributed by atoms with Crippen LogP contribution in [0.4, 0.5) is 8.78 Å². The fraction of sp³-hybridized carbons (Fsp3) is 0.871. The van der Waals surface area contributed by atoms with Gasteiger partial charge in [0.1, 0.15) is 0 Å². The molecule has 0 aromatic rings. The molecule has 0 aromatic carbocycles. The Morgan fingerprint density at radius 2 is 0.971 bits per heavy atom. The first-order valence-electron chi connectivity index (χ1n) is 14.9. The highest BCUT2D eigenvalue weighted by atomic mass is 19.3. The Kier molecular flexibility index (Phi) is 10.5. The number of rotatable bonds is 8. The molecule has 194 valence electrons. The Bertz CT molecular complexity index is 622.